The number of nitrogens with one attached hydrogen (secondary N) is 1. The SMILES string of the molecule is COc1ccc(CNCc2cccc(C)c2)c(OCC(O)CN2CCCC2)c1. The van der Waals surface area contributed by atoms with Gasteiger partial charge in [-0.15, -0.1) is 0 Å². The van der Waals surface area contributed by atoms with Crippen molar-refractivity contribution < 1.29 is 14.6 Å². The summed E-state index contributed by atoms with van der Waals surface area (Å²) >= 11 is 0. The Kier molecular flexibility index (Phi) is 7.71. The minimum absolute atomic E-state index is 0.286. The normalized spacial score (nSPS) is 15.5. The van der Waals surface area contributed by atoms with Gasteiger partial charge in [-0.25, -0.2) is 0 Å². The van der Waals surface area contributed by atoms with Gasteiger partial charge in [-0.3, -0.25) is 0 Å². The Morgan fingerprint density at radius 1 is 1.11 bits per heavy atom. The number of nitrogens with zero attached hydrogens (tertiary/aromatic N) is 1. The maximum absolute atomic E-state index is 10.3. The molecule has 1 aliphatic rings. The van der Waals surface area contributed by atoms with Crippen LogP contribution in [-0.4, -0.2) is 49.5 Å². The summed E-state index contributed by atoms with van der Waals surface area (Å²) in [5, 5.41) is 13.8. The molecule has 5 heteroatoms. The lowest BCUT2D eigenvalue weighted by Gasteiger charge is -2.20. The zero-order valence-electron chi connectivity index (χ0n) is 17.0. The van der Waals surface area contributed by atoms with E-state index in [0.29, 0.717) is 13.1 Å². The van der Waals surface area contributed by atoms with E-state index in [2.05, 4.69) is 41.4 Å². The van der Waals surface area contributed by atoms with Crippen molar-refractivity contribution in [3.63, 3.8) is 0 Å². The van der Waals surface area contributed by atoms with Crippen LogP contribution in [0.15, 0.2) is 42.5 Å². The summed E-state index contributed by atoms with van der Waals surface area (Å²) in [6, 6.07) is 14.4. The predicted octanol–water partition coefficient (Wildman–Crippen LogP) is 3.13. The third-order valence-corrected chi connectivity index (χ3v) is 5.10. The van der Waals surface area contributed by atoms with Gasteiger partial charge in [0.15, 0.2) is 0 Å². The molecule has 0 saturated carbocycles. The number of benzene rings is 2. The molecule has 152 valence electrons. The van der Waals surface area contributed by atoms with Crippen molar-refractivity contribution in [1.82, 2.24) is 10.2 Å². The average molecular weight is 385 g/mol. The second kappa shape index (κ2) is 10.5. The molecule has 3 rings (SSSR count). The maximum atomic E-state index is 10.3. The van der Waals surface area contributed by atoms with Gasteiger partial charge in [0.25, 0.3) is 0 Å². The second-order valence-electron chi connectivity index (χ2n) is 7.54. The van der Waals surface area contributed by atoms with E-state index in [1.165, 1.54) is 24.0 Å². The van der Waals surface area contributed by atoms with Crippen LogP contribution >= 0.6 is 0 Å². The van der Waals surface area contributed by atoms with Crippen molar-refractivity contribution in [2.24, 2.45) is 0 Å². The number of hydrogen-bond donors (Lipinski definition) is 2. The van der Waals surface area contributed by atoms with Crippen molar-refractivity contribution in [3.8, 4) is 11.5 Å². The minimum Gasteiger partial charge on any atom is -0.497 e. The van der Waals surface area contributed by atoms with Crippen LogP contribution in [0, 0.1) is 6.92 Å². The molecule has 1 atom stereocenters. The lowest BCUT2D eigenvalue weighted by Crippen LogP contribution is -2.33. The van der Waals surface area contributed by atoms with Crippen LogP contribution in [0.3, 0.4) is 0 Å². The van der Waals surface area contributed by atoms with E-state index in [1.807, 2.05) is 18.2 Å². The molecule has 0 bridgehead atoms. The summed E-state index contributed by atoms with van der Waals surface area (Å²) in [7, 11) is 1.65. The van der Waals surface area contributed by atoms with Crippen LogP contribution in [0.25, 0.3) is 0 Å². The first kappa shape index (κ1) is 20.6. The Labute approximate surface area is 168 Å². The van der Waals surface area contributed by atoms with Crippen molar-refractivity contribution in [3.05, 3.63) is 59.2 Å². The van der Waals surface area contributed by atoms with Gasteiger partial charge in [-0.2, -0.15) is 0 Å². The molecule has 0 aliphatic carbocycles. The molecule has 0 spiro atoms. The van der Waals surface area contributed by atoms with Crippen LogP contribution in [0.1, 0.15) is 29.5 Å². The van der Waals surface area contributed by atoms with Crippen LogP contribution < -0.4 is 14.8 Å². The van der Waals surface area contributed by atoms with Crippen LogP contribution in [0.4, 0.5) is 0 Å². The van der Waals surface area contributed by atoms with E-state index < -0.39 is 6.10 Å². The number of likely N-dealkylation sites (tertiary alicyclic amines) is 1. The number of hydrogen-bond acceptors (Lipinski definition) is 5. The maximum Gasteiger partial charge on any atom is 0.127 e. The van der Waals surface area contributed by atoms with Gasteiger partial charge in [0.1, 0.15) is 24.2 Å². The van der Waals surface area contributed by atoms with Crippen molar-refractivity contribution in [1.29, 1.82) is 0 Å². The number of aliphatic hydroxyl groups is 1. The first-order chi connectivity index (χ1) is 13.6. The Hall–Kier alpha value is -2.08. The summed E-state index contributed by atoms with van der Waals surface area (Å²) < 4.78 is 11.3. The van der Waals surface area contributed by atoms with Gasteiger partial charge in [-0.1, -0.05) is 35.9 Å². The summed E-state index contributed by atoms with van der Waals surface area (Å²) in [6.45, 7) is 6.70. The fraction of sp³-hybridized carbons (Fsp3) is 0.478. The Bertz CT molecular complexity index is 744. The molecule has 28 heavy (non-hydrogen) atoms. The summed E-state index contributed by atoms with van der Waals surface area (Å²) in [4.78, 5) is 2.30. The van der Waals surface area contributed by atoms with Gasteiger partial charge in [0, 0.05) is 31.3 Å². The fourth-order valence-corrected chi connectivity index (χ4v) is 3.61. The summed E-state index contributed by atoms with van der Waals surface area (Å²) in [5.41, 5.74) is 3.58. The third-order valence-electron chi connectivity index (χ3n) is 5.10. The molecule has 0 amide bonds. The molecular weight excluding hydrogens is 352 g/mol. The van der Waals surface area contributed by atoms with E-state index in [4.69, 9.17) is 9.47 Å². The second-order valence-corrected chi connectivity index (χ2v) is 7.54. The van der Waals surface area contributed by atoms with Gasteiger partial charge >= 0.3 is 0 Å². The minimum atomic E-state index is -0.489. The lowest BCUT2D eigenvalue weighted by molar-refractivity contribution is 0.0753. The third kappa shape index (κ3) is 6.23. The van der Waals surface area contributed by atoms with Crippen molar-refractivity contribution in [2.45, 2.75) is 39.0 Å². The summed E-state index contributed by atoms with van der Waals surface area (Å²) in [5.74, 6) is 1.52. The van der Waals surface area contributed by atoms with E-state index in [-0.39, 0.29) is 6.61 Å². The van der Waals surface area contributed by atoms with E-state index in [0.717, 1.165) is 36.7 Å². The Morgan fingerprint density at radius 3 is 2.68 bits per heavy atom. The molecule has 1 heterocycles. The number of aliphatic hydroxyl groups excluding tert-OH is 1. The first-order valence-corrected chi connectivity index (χ1v) is 10.1. The number of aryl methyl sites for hydroxylation is 1. The van der Waals surface area contributed by atoms with Gasteiger partial charge < -0.3 is 24.8 Å². The molecule has 2 aromatic rings. The highest BCUT2D eigenvalue weighted by Gasteiger charge is 2.17. The molecule has 1 saturated heterocycles. The highest BCUT2D eigenvalue weighted by atomic mass is 16.5. The monoisotopic (exact) mass is 384 g/mol. The highest BCUT2D eigenvalue weighted by Crippen LogP contribution is 2.25. The van der Waals surface area contributed by atoms with Crippen LogP contribution in [0.2, 0.25) is 0 Å². The van der Waals surface area contributed by atoms with E-state index in [1.54, 1.807) is 7.11 Å². The quantitative estimate of drug-likeness (QED) is 0.659. The molecule has 5 nitrogen and oxygen atoms in total. The van der Waals surface area contributed by atoms with Gasteiger partial charge in [0.2, 0.25) is 0 Å². The fourth-order valence-electron chi connectivity index (χ4n) is 3.61. The summed E-state index contributed by atoms with van der Waals surface area (Å²) in [6.07, 6.45) is 1.96. The largest absolute Gasteiger partial charge is 0.497 e. The smallest absolute Gasteiger partial charge is 0.127 e. The zero-order valence-corrected chi connectivity index (χ0v) is 17.0. The molecule has 1 fully saturated rings. The zero-order chi connectivity index (χ0) is 19.8. The van der Waals surface area contributed by atoms with Crippen molar-refractivity contribution >= 4 is 0 Å². The van der Waals surface area contributed by atoms with E-state index in [9.17, 15) is 5.11 Å². The number of rotatable bonds is 10. The molecule has 1 unspecified atom stereocenters. The Morgan fingerprint density at radius 2 is 1.93 bits per heavy atom. The molecule has 0 radical (unpaired) electrons. The van der Waals surface area contributed by atoms with Gasteiger partial charge in [-0.05, 0) is 44.5 Å². The molecular formula is C23H32N2O3. The molecule has 2 N–H and O–H groups in total. The molecule has 0 aromatic heterocycles. The predicted molar refractivity (Wildman–Crippen MR) is 112 cm³/mol. The van der Waals surface area contributed by atoms with Gasteiger partial charge in [0.05, 0.1) is 7.11 Å². The van der Waals surface area contributed by atoms with Crippen LogP contribution in [0.5, 0.6) is 11.5 Å². The number of ether oxygens (including phenoxy) is 2. The average Bonchev–Trinajstić information content (AvgIpc) is 3.20. The lowest BCUT2D eigenvalue weighted by atomic mass is 10.1. The topological polar surface area (TPSA) is 54.0 Å². The van der Waals surface area contributed by atoms with Crippen LogP contribution in [-0.2, 0) is 13.1 Å². The highest BCUT2D eigenvalue weighted by molar-refractivity contribution is 5.40. The number of methoxy groups -OCH3 is 1. The molecule has 2 aromatic carbocycles. The Balaban J connectivity index is 1.55. The standard InChI is InChI=1S/C23H32N2O3/c1-18-6-5-7-19(12-18)14-24-15-20-8-9-22(27-2)13-23(20)28-17-21(26)16-25-10-3-4-11-25/h5-9,12-13,21,24,26H,3-4,10-11,14-17H2,1-2H3. The van der Waals surface area contributed by atoms with Crippen molar-refractivity contribution in [2.75, 3.05) is 33.4 Å². The molecule has 1 aliphatic heterocycles. The number of β-amino-alcohol motifs (C(OH)–C–C–N with tert-alkyl or cyclic N) is 1. The first-order valence-electron chi connectivity index (χ1n) is 10.1. The van der Waals surface area contributed by atoms with E-state index >= 15 is 0 Å².